The second kappa shape index (κ2) is 7.10. The Morgan fingerprint density at radius 1 is 1.08 bits per heavy atom. The average Bonchev–Trinajstić information content (AvgIpc) is 3.29. The molecule has 0 saturated carbocycles. The molecule has 130 valence electrons. The Labute approximate surface area is 149 Å². The predicted molar refractivity (Wildman–Crippen MR) is 93.8 cm³/mol. The monoisotopic (exact) mass is 349 g/mol. The molecule has 0 radical (unpaired) electrons. The van der Waals surface area contributed by atoms with Crippen molar-refractivity contribution in [3.8, 4) is 11.5 Å². The summed E-state index contributed by atoms with van der Waals surface area (Å²) in [6.45, 7) is 0.214. The van der Waals surface area contributed by atoms with Crippen LogP contribution in [0.5, 0.6) is 11.5 Å². The lowest BCUT2D eigenvalue weighted by molar-refractivity contribution is -0.112. The van der Waals surface area contributed by atoms with E-state index < -0.39 is 0 Å². The number of nitrogens with one attached hydrogen (secondary N) is 1. The molecule has 7 heteroatoms. The van der Waals surface area contributed by atoms with E-state index in [-0.39, 0.29) is 18.7 Å². The van der Waals surface area contributed by atoms with Crippen LogP contribution >= 0.6 is 0 Å². The second-order valence-corrected chi connectivity index (χ2v) is 5.60. The highest BCUT2D eigenvalue weighted by Crippen LogP contribution is 2.32. The van der Waals surface area contributed by atoms with Crippen molar-refractivity contribution in [3.05, 3.63) is 71.6 Å². The number of ether oxygens (including phenoxy) is 2. The third-order valence-corrected chi connectivity index (χ3v) is 3.72. The Morgan fingerprint density at radius 2 is 1.92 bits per heavy atom. The Morgan fingerprint density at radius 3 is 2.81 bits per heavy atom. The van der Waals surface area contributed by atoms with E-state index >= 15 is 0 Å². The summed E-state index contributed by atoms with van der Waals surface area (Å²) in [5.74, 6) is 1.43. The van der Waals surface area contributed by atoms with Crippen LogP contribution in [0.25, 0.3) is 6.08 Å². The Hall–Kier alpha value is -3.61. The normalized spacial score (nSPS) is 12.5. The number of rotatable bonds is 5. The second-order valence-electron chi connectivity index (χ2n) is 5.60. The van der Waals surface area contributed by atoms with Crippen LogP contribution in [-0.4, -0.2) is 22.9 Å². The lowest BCUT2D eigenvalue weighted by Crippen LogP contribution is -2.07. The third kappa shape index (κ3) is 3.72. The number of carbonyl (C=O) groups excluding carboxylic acids is 1. The number of carbonyl (C=O) groups is 1. The van der Waals surface area contributed by atoms with Crippen molar-refractivity contribution in [3.63, 3.8) is 0 Å². The molecule has 1 aliphatic heterocycles. The van der Waals surface area contributed by atoms with E-state index in [0.717, 1.165) is 11.1 Å². The van der Waals surface area contributed by atoms with Crippen LogP contribution in [0.2, 0.25) is 0 Å². The summed E-state index contributed by atoms with van der Waals surface area (Å²) in [6.07, 6.45) is 3.56. The maximum atomic E-state index is 12.0. The molecule has 7 nitrogen and oxygen atoms in total. The van der Waals surface area contributed by atoms with Crippen molar-refractivity contribution in [2.45, 2.75) is 6.42 Å². The molecule has 26 heavy (non-hydrogen) atoms. The van der Waals surface area contributed by atoms with Gasteiger partial charge in [0.1, 0.15) is 0 Å². The SMILES string of the molecule is O=C(/C=C/c1ccc2c(c1)OCO2)Nc1nnc(Cc2ccccc2)o1. The molecular weight excluding hydrogens is 334 g/mol. The number of amides is 1. The summed E-state index contributed by atoms with van der Waals surface area (Å²) in [5.41, 5.74) is 1.87. The standard InChI is InChI=1S/C19H15N3O4/c23-17(9-7-14-6-8-15-16(10-14)25-12-24-15)20-19-22-21-18(26-19)11-13-4-2-1-3-5-13/h1-10H,11-12H2,(H,20,22,23)/b9-7+. The first-order valence-electron chi connectivity index (χ1n) is 8.01. The van der Waals surface area contributed by atoms with Crippen molar-refractivity contribution < 1.29 is 18.7 Å². The highest BCUT2D eigenvalue weighted by molar-refractivity contribution is 6.00. The van der Waals surface area contributed by atoms with Crippen LogP contribution in [0, 0.1) is 0 Å². The van der Waals surface area contributed by atoms with Gasteiger partial charge in [0, 0.05) is 6.08 Å². The first-order chi connectivity index (χ1) is 12.8. The maximum Gasteiger partial charge on any atom is 0.322 e. The molecule has 0 aliphatic carbocycles. The van der Waals surface area contributed by atoms with Gasteiger partial charge in [-0.05, 0) is 29.3 Å². The molecule has 1 aliphatic rings. The van der Waals surface area contributed by atoms with E-state index in [1.54, 1.807) is 18.2 Å². The Bertz CT molecular complexity index is 950. The molecule has 0 unspecified atom stereocenters. The molecule has 2 aromatic carbocycles. The zero-order chi connectivity index (χ0) is 17.8. The quantitative estimate of drug-likeness (QED) is 0.713. The summed E-state index contributed by atoms with van der Waals surface area (Å²) < 4.78 is 16.0. The van der Waals surface area contributed by atoms with Crippen LogP contribution in [0.1, 0.15) is 17.0 Å². The summed E-state index contributed by atoms with van der Waals surface area (Å²) in [7, 11) is 0. The number of benzene rings is 2. The fraction of sp³-hybridized carbons (Fsp3) is 0.105. The van der Waals surface area contributed by atoms with Crippen LogP contribution in [0.4, 0.5) is 6.01 Å². The zero-order valence-corrected chi connectivity index (χ0v) is 13.7. The van der Waals surface area contributed by atoms with Crippen molar-refractivity contribution >= 4 is 18.0 Å². The Kier molecular flexibility index (Phi) is 4.34. The first kappa shape index (κ1) is 15.9. The van der Waals surface area contributed by atoms with Crippen LogP contribution < -0.4 is 14.8 Å². The molecule has 3 aromatic rings. The van der Waals surface area contributed by atoms with Gasteiger partial charge in [0.15, 0.2) is 11.5 Å². The van der Waals surface area contributed by atoms with E-state index in [1.807, 2.05) is 36.4 Å². The zero-order valence-electron chi connectivity index (χ0n) is 13.7. The highest BCUT2D eigenvalue weighted by Gasteiger charge is 2.12. The predicted octanol–water partition coefficient (Wildman–Crippen LogP) is 3.04. The van der Waals surface area contributed by atoms with Gasteiger partial charge in [0.2, 0.25) is 12.7 Å². The molecule has 0 spiro atoms. The van der Waals surface area contributed by atoms with Crippen LogP contribution in [-0.2, 0) is 11.2 Å². The molecule has 0 fully saturated rings. The van der Waals surface area contributed by atoms with E-state index in [0.29, 0.717) is 23.8 Å². The number of fused-ring (bicyclic) bond motifs is 1. The molecular formula is C19H15N3O4. The molecule has 1 amide bonds. The lowest BCUT2D eigenvalue weighted by Gasteiger charge is -1.98. The number of aromatic nitrogens is 2. The van der Waals surface area contributed by atoms with Crippen molar-refractivity contribution in [1.29, 1.82) is 0 Å². The minimum absolute atomic E-state index is 0.0660. The van der Waals surface area contributed by atoms with E-state index in [1.165, 1.54) is 6.08 Å². The van der Waals surface area contributed by atoms with Gasteiger partial charge in [0.05, 0.1) is 6.42 Å². The number of hydrogen-bond donors (Lipinski definition) is 1. The summed E-state index contributed by atoms with van der Waals surface area (Å²) in [4.78, 5) is 12.0. The number of nitrogens with zero attached hydrogens (tertiary/aromatic N) is 2. The molecule has 1 N–H and O–H groups in total. The van der Waals surface area contributed by atoms with Gasteiger partial charge in [-0.25, -0.2) is 0 Å². The summed E-state index contributed by atoms with van der Waals surface area (Å²) in [5, 5.41) is 10.3. The summed E-state index contributed by atoms with van der Waals surface area (Å²) in [6, 6.07) is 15.3. The van der Waals surface area contributed by atoms with Gasteiger partial charge < -0.3 is 13.9 Å². The molecule has 0 saturated heterocycles. The highest BCUT2D eigenvalue weighted by atomic mass is 16.7. The minimum atomic E-state index is -0.363. The van der Waals surface area contributed by atoms with E-state index in [2.05, 4.69) is 15.5 Å². The first-order valence-corrected chi connectivity index (χ1v) is 8.01. The molecule has 2 heterocycles. The third-order valence-electron chi connectivity index (χ3n) is 3.72. The maximum absolute atomic E-state index is 12.0. The van der Waals surface area contributed by atoms with Crippen molar-refractivity contribution in [2.24, 2.45) is 0 Å². The van der Waals surface area contributed by atoms with Gasteiger partial charge in [0.25, 0.3) is 5.91 Å². The van der Waals surface area contributed by atoms with Crippen molar-refractivity contribution in [2.75, 3.05) is 12.1 Å². The molecule has 0 atom stereocenters. The van der Waals surface area contributed by atoms with E-state index in [4.69, 9.17) is 13.9 Å². The van der Waals surface area contributed by atoms with Crippen molar-refractivity contribution in [1.82, 2.24) is 10.2 Å². The number of anilines is 1. The number of hydrogen-bond acceptors (Lipinski definition) is 6. The van der Waals surface area contributed by atoms with Gasteiger partial charge in [-0.1, -0.05) is 41.5 Å². The lowest BCUT2D eigenvalue weighted by atomic mass is 10.2. The van der Waals surface area contributed by atoms with Gasteiger partial charge in [-0.3, -0.25) is 10.1 Å². The molecule has 1 aromatic heterocycles. The van der Waals surface area contributed by atoms with Gasteiger partial charge >= 0.3 is 6.01 Å². The van der Waals surface area contributed by atoms with E-state index in [9.17, 15) is 4.79 Å². The fourth-order valence-electron chi connectivity index (χ4n) is 2.48. The largest absolute Gasteiger partial charge is 0.454 e. The average molecular weight is 349 g/mol. The van der Waals surface area contributed by atoms with Gasteiger partial charge in [-0.2, -0.15) is 0 Å². The summed E-state index contributed by atoms with van der Waals surface area (Å²) >= 11 is 0. The van der Waals surface area contributed by atoms with Gasteiger partial charge in [-0.15, -0.1) is 5.10 Å². The molecule has 0 bridgehead atoms. The fourth-order valence-corrected chi connectivity index (χ4v) is 2.48. The minimum Gasteiger partial charge on any atom is -0.454 e. The van der Waals surface area contributed by atoms with Crippen LogP contribution in [0.15, 0.2) is 59.0 Å². The molecule has 4 rings (SSSR count). The topological polar surface area (TPSA) is 86.5 Å². The Balaban J connectivity index is 1.36. The van der Waals surface area contributed by atoms with Crippen LogP contribution in [0.3, 0.4) is 0 Å². The smallest absolute Gasteiger partial charge is 0.322 e.